The summed E-state index contributed by atoms with van der Waals surface area (Å²) in [5.41, 5.74) is 0.724. The maximum atomic E-state index is 13.9. The van der Waals surface area contributed by atoms with Crippen molar-refractivity contribution in [1.29, 1.82) is 0 Å². The molecule has 1 N–H and O–H groups in total. The normalized spacial score (nSPS) is 16.1. The molecular weight excluding hydrogens is 389 g/mol. The van der Waals surface area contributed by atoms with Crippen LogP contribution in [-0.4, -0.2) is 55.0 Å². The minimum atomic E-state index is -0.186. The van der Waals surface area contributed by atoms with Gasteiger partial charge in [-0.05, 0) is 24.3 Å². The topological polar surface area (TPSA) is 48.7 Å². The molecule has 3 rings (SSSR count). The fourth-order valence-corrected chi connectivity index (χ4v) is 3.22. The minimum Gasteiger partial charge on any atom is -0.459 e. The van der Waals surface area contributed by atoms with Crippen LogP contribution in [-0.2, 0) is 6.54 Å². The van der Waals surface area contributed by atoms with E-state index in [1.807, 2.05) is 12.1 Å². The van der Waals surface area contributed by atoms with Crippen LogP contribution in [0.15, 0.2) is 45.5 Å². The van der Waals surface area contributed by atoms with Gasteiger partial charge in [0, 0.05) is 55.8 Å². The second-order valence-corrected chi connectivity index (χ2v) is 7.00. The van der Waals surface area contributed by atoms with Gasteiger partial charge in [-0.15, -0.1) is 0 Å². The number of carbonyl (C=O) groups excluding carboxylic acids is 1. The van der Waals surface area contributed by atoms with Crippen LogP contribution in [0.5, 0.6) is 0 Å². The molecule has 1 saturated heterocycles. The van der Waals surface area contributed by atoms with Crippen molar-refractivity contribution in [1.82, 2.24) is 15.1 Å². The first-order valence-electron chi connectivity index (χ1n) is 8.32. The Balaban J connectivity index is 1.38. The summed E-state index contributed by atoms with van der Waals surface area (Å²) in [6.07, 6.45) is 1.49. The molecule has 0 unspecified atom stereocenters. The Morgan fingerprint density at radius 3 is 2.64 bits per heavy atom. The fourth-order valence-electron chi connectivity index (χ4n) is 2.88. The molecule has 7 heteroatoms. The molecule has 0 radical (unpaired) electrons. The highest BCUT2D eigenvalue weighted by Crippen LogP contribution is 2.17. The van der Waals surface area contributed by atoms with E-state index in [-0.39, 0.29) is 11.7 Å². The zero-order valence-corrected chi connectivity index (χ0v) is 15.5. The zero-order chi connectivity index (χ0) is 17.6. The molecule has 0 atom stereocenters. The van der Waals surface area contributed by atoms with Gasteiger partial charge in [0.2, 0.25) is 0 Å². The first-order valence-corrected chi connectivity index (χ1v) is 9.11. The SMILES string of the molecule is O=C(NCCN1CCN(Cc2ccc(Br)cc2F)CC1)c1ccco1. The summed E-state index contributed by atoms with van der Waals surface area (Å²) in [5.74, 6) is -0.0202. The number of furan rings is 1. The Bertz CT molecular complexity index is 700. The van der Waals surface area contributed by atoms with Gasteiger partial charge < -0.3 is 9.73 Å². The van der Waals surface area contributed by atoms with E-state index in [1.54, 1.807) is 12.1 Å². The van der Waals surface area contributed by atoms with Crippen LogP contribution in [0.1, 0.15) is 16.1 Å². The number of rotatable bonds is 6. The maximum Gasteiger partial charge on any atom is 0.287 e. The lowest BCUT2D eigenvalue weighted by Gasteiger charge is -2.34. The smallest absolute Gasteiger partial charge is 0.287 e. The lowest BCUT2D eigenvalue weighted by Crippen LogP contribution is -2.48. The molecule has 1 amide bonds. The van der Waals surface area contributed by atoms with Crippen molar-refractivity contribution in [3.05, 3.63) is 58.2 Å². The van der Waals surface area contributed by atoms with Crippen molar-refractivity contribution >= 4 is 21.8 Å². The zero-order valence-electron chi connectivity index (χ0n) is 13.9. The van der Waals surface area contributed by atoms with Crippen LogP contribution in [0.25, 0.3) is 0 Å². The molecule has 1 fully saturated rings. The summed E-state index contributed by atoms with van der Waals surface area (Å²) < 4.78 is 19.7. The third kappa shape index (κ3) is 5.14. The molecule has 134 valence electrons. The average Bonchev–Trinajstić information content (AvgIpc) is 3.13. The first kappa shape index (κ1) is 18.1. The Hall–Kier alpha value is -1.70. The van der Waals surface area contributed by atoms with Crippen LogP contribution in [0.3, 0.4) is 0 Å². The predicted octanol–water partition coefficient (Wildman–Crippen LogP) is 2.73. The van der Waals surface area contributed by atoms with Crippen molar-refractivity contribution < 1.29 is 13.6 Å². The molecule has 1 aromatic carbocycles. The number of amides is 1. The lowest BCUT2D eigenvalue weighted by molar-refractivity contribution is 0.0907. The Morgan fingerprint density at radius 2 is 1.96 bits per heavy atom. The number of halogens is 2. The van der Waals surface area contributed by atoms with Crippen LogP contribution >= 0.6 is 15.9 Å². The van der Waals surface area contributed by atoms with Crippen molar-refractivity contribution in [3.63, 3.8) is 0 Å². The van der Waals surface area contributed by atoms with Gasteiger partial charge in [-0.25, -0.2) is 4.39 Å². The van der Waals surface area contributed by atoms with E-state index in [4.69, 9.17) is 4.42 Å². The largest absolute Gasteiger partial charge is 0.459 e. The summed E-state index contributed by atoms with van der Waals surface area (Å²) in [6, 6.07) is 8.55. The van der Waals surface area contributed by atoms with Gasteiger partial charge in [-0.3, -0.25) is 14.6 Å². The summed E-state index contributed by atoms with van der Waals surface area (Å²) in [5, 5.41) is 2.85. The van der Waals surface area contributed by atoms with Crippen LogP contribution < -0.4 is 5.32 Å². The summed E-state index contributed by atoms with van der Waals surface area (Å²) in [7, 11) is 0. The van der Waals surface area contributed by atoms with E-state index in [9.17, 15) is 9.18 Å². The molecular formula is C18H21BrFN3O2. The molecule has 0 bridgehead atoms. The highest BCUT2D eigenvalue weighted by Gasteiger charge is 2.18. The van der Waals surface area contributed by atoms with Gasteiger partial charge in [0.25, 0.3) is 5.91 Å². The molecule has 2 heterocycles. The van der Waals surface area contributed by atoms with Crippen LogP contribution in [0.2, 0.25) is 0 Å². The van der Waals surface area contributed by atoms with Gasteiger partial charge >= 0.3 is 0 Å². The summed E-state index contributed by atoms with van der Waals surface area (Å²) in [4.78, 5) is 16.3. The van der Waals surface area contributed by atoms with Crippen molar-refractivity contribution in [2.45, 2.75) is 6.54 Å². The van der Waals surface area contributed by atoms with Gasteiger partial charge in [0.05, 0.1) is 6.26 Å². The second kappa shape index (κ2) is 8.60. The number of carbonyl (C=O) groups is 1. The predicted molar refractivity (Wildman–Crippen MR) is 96.9 cm³/mol. The minimum absolute atomic E-state index is 0.169. The summed E-state index contributed by atoms with van der Waals surface area (Å²) in [6.45, 7) is 5.61. The van der Waals surface area contributed by atoms with Gasteiger partial charge in [0.1, 0.15) is 5.82 Å². The number of hydrogen-bond acceptors (Lipinski definition) is 4. The monoisotopic (exact) mass is 409 g/mol. The maximum absolute atomic E-state index is 13.9. The molecule has 1 aromatic heterocycles. The van der Waals surface area contributed by atoms with E-state index < -0.39 is 0 Å². The molecule has 0 saturated carbocycles. The number of hydrogen-bond donors (Lipinski definition) is 1. The van der Waals surface area contributed by atoms with Gasteiger partial charge in [0.15, 0.2) is 5.76 Å². The Kier molecular flexibility index (Phi) is 6.23. The third-order valence-electron chi connectivity index (χ3n) is 4.33. The molecule has 2 aromatic rings. The first-order chi connectivity index (χ1) is 12.1. The van der Waals surface area contributed by atoms with E-state index in [1.165, 1.54) is 12.3 Å². The average molecular weight is 410 g/mol. The van der Waals surface area contributed by atoms with E-state index in [0.29, 0.717) is 18.8 Å². The molecule has 25 heavy (non-hydrogen) atoms. The quantitative estimate of drug-likeness (QED) is 0.796. The van der Waals surface area contributed by atoms with Crippen molar-refractivity contribution in [2.75, 3.05) is 39.3 Å². The summed E-state index contributed by atoms with van der Waals surface area (Å²) >= 11 is 3.28. The van der Waals surface area contributed by atoms with Gasteiger partial charge in [-0.2, -0.15) is 0 Å². The molecule has 0 spiro atoms. The molecule has 5 nitrogen and oxygen atoms in total. The highest BCUT2D eigenvalue weighted by atomic mass is 79.9. The number of piperazine rings is 1. The van der Waals surface area contributed by atoms with Gasteiger partial charge in [-0.1, -0.05) is 22.0 Å². The van der Waals surface area contributed by atoms with Crippen LogP contribution in [0.4, 0.5) is 4.39 Å². The lowest BCUT2D eigenvalue weighted by atomic mass is 10.2. The highest BCUT2D eigenvalue weighted by molar-refractivity contribution is 9.10. The molecule has 1 aliphatic rings. The number of nitrogens with zero attached hydrogens (tertiary/aromatic N) is 2. The fraction of sp³-hybridized carbons (Fsp3) is 0.389. The molecule has 1 aliphatic heterocycles. The third-order valence-corrected chi connectivity index (χ3v) is 4.83. The van der Waals surface area contributed by atoms with E-state index in [2.05, 4.69) is 31.0 Å². The number of nitrogens with one attached hydrogen (secondary N) is 1. The van der Waals surface area contributed by atoms with Crippen LogP contribution in [0, 0.1) is 5.82 Å². The Labute approximate surface area is 154 Å². The van der Waals surface area contributed by atoms with Crippen molar-refractivity contribution in [2.24, 2.45) is 0 Å². The standard InChI is InChI=1S/C18H21BrFN3O2/c19-15-4-3-14(16(20)12-15)13-23-9-7-22(8-10-23)6-5-21-18(24)17-2-1-11-25-17/h1-4,11-12H,5-10,13H2,(H,21,24). The van der Waals surface area contributed by atoms with Crippen molar-refractivity contribution in [3.8, 4) is 0 Å². The molecule has 0 aliphatic carbocycles. The van der Waals surface area contributed by atoms with E-state index >= 15 is 0 Å². The second-order valence-electron chi connectivity index (χ2n) is 6.09. The van der Waals surface area contributed by atoms with E-state index in [0.717, 1.165) is 42.8 Å². The number of benzene rings is 1. The Morgan fingerprint density at radius 1 is 1.20 bits per heavy atom.